The Morgan fingerprint density at radius 2 is 1.93 bits per heavy atom. The van der Waals surface area contributed by atoms with Gasteiger partial charge < -0.3 is 4.52 Å². The highest BCUT2D eigenvalue weighted by Gasteiger charge is 2.39. The number of sulfonamides is 1. The molecule has 0 unspecified atom stereocenters. The second-order valence-electron chi connectivity index (χ2n) is 6.38. The zero-order valence-corrected chi connectivity index (χ0v) is 16.2. The molecular formula is C17H14F3N3O3S2. The van der Waals surface area contributed by atoms with E-state index in [1.807, 2.05) is 6.92 Å². The lowest BCUT2D eigenvalue weighted by molar-refractivity contribution is -0.159. The van der Waals surface area contributed by atoms with Gasteiger partial charge in [-0.3, -0.25) is 0 Å². The van der Waals surface area contributed by atoms with Crippen molar-refractivity contribution in [2.45, 2.75) is 31.0 Å². The molecule has 1 aliphatic heterocycles. The first-order valence-electron chi connectivity index (χ1n) is 8.24. The molecule has 0 saturated heterocycles. The van der Waals surface area contributed by atoms with E-state index in [9.17, 15) is 21.6 Å². The van der Waals surface area contributed by atoms with Crippen LogP contribution in [0.2, 0.25) is 0 Å². The minimum atomic E-state index is -4.71. The molecule has 0 amide bonds. The summed E-state index contributed by atoms with van der Waals surface area (Å²) in [5, 5.41) is 3.39. The van der Waals surface area contributed by atoms with Gasteiger partial charge in [-0.1, -0.05) is 22.9 Å². The number of hydrogen-bond donors (Lipinski definition) is 0. The molecule has 1 aromatic carbocycles. The first-order valence-corrected chi connectivity index (χ1v) is 10.5. The SMILES string of the molecule is Cc1ccc(S(=O)(=O)N2CCc3sc(-c4noc(C(F)(F)F)n4)cc3C2)cc1. The van der Waals surface area contributed by atoms with Crippen molar-refractivity contribution in [1.29, 1.82) is 0 Å². The van der Waals surface area contributed by atoms with Crippen molar-refractivity contribution in [3.63, 3.8) is 0 Å². The van der Waals surface area contributed by atoms with Gasteiger partial charge in [0.1, 0.15) is 0 Å². The number of aryl methyl sites for hydroxylation is 1. The molecule has 0 N–H and O–H groups in total. The molecule has 0 aliphatic carbocycles. The van der Waals surface area contributed by atoms with Crippen molar-refractivity contribution in [2.75, 3.05) is 6.54 Å². The molecular weight excluding hydrogens is 415 g/mol. The van der Waals surface area contributed by atoms with Crippen LogP contribution in [0.15, 0.2) is 39.8 Å². The van der Waals surface area contributed by atoms with Crippen molar-refractivity contribution in [2.24, 2.45) is 0 Å². The molecule has 0 saturated carbocycles. The maximum absolute atomic E-state index is 12.9. The quantitative estimate of drug-likeness (QED) is 0.632. The van der Waals surface area contributed by atoms with Crippen LogP contribution < -0.4 is 0 Å². The number of fused-ring (bicyclic) bond motifs is 1. The van der Waals surface area contributed by atoms with Gasteiger partial charge in [0, 0.05) is 18.0 Å². The second kappa shape index (κ2) is 6.68. The standard InChI is InChI=1S/C17H14F3N3O3S2/c1-10-2-4-12(5-3-10)28(24,25)23-7-6-13-11(9-23)8-14(27-13)15-21-16(26-22-15)17(18,19)20/h2-5,8H,6-7,9H2,1H3. The van der Waals surface area contributed by atoms with Gasteiger partial charge in [0.25, 0.3) is 0 Å². The minimum Gasteiger partial charge on any atom is -0.329 e. The third-order valence-electron chi connectivity index (χ3n) is 4.38. The van der Waals surface area contributed by atoms with E-state index >= 15 is 0 Å². The summed E-state index contributed by atoms with van der Waals surface area (Å²) in [7, 11) is -3.65. The third-order valence-corrected chi connectivity index (χ3v) is 7.47. The van der Waals surface area contributed by atoms with Gasteiger partial charge >= 0.3 is 12.1 Å². The first kappa shape index (κ1) is 19.1. The van der Waals surface area contributed by atoms with Crippen LogP contribution in [-0.4, -0.2) is 29.4 Å². The zero-order chi connectivity index (χ0) is 20.1. The molecule has 0 radical (unpaired) electrons. The first-order chi connectivity index (χ1) is 13.1. The summed E-state index contributed by atoms with van der Waals surface area (Å²) >= 11 is 1.25. The van der Waals surface area contributed by atoms with Crippen LogP contribution in [0.3, 0.4) is 0 Å². The molecule has 0 bridgehead atoms. The highest BCUT2D eigenvalue weighted by atomic mass is 32.2. The smallest absolute Gasteiger partial charge is 0.329 e. The van der Waals surface area contributed by atoms with Gasteiger partial charge in [-0.2, -0.15) is 22.5 Å². The molecule has 6 nitrogen and oxygen atoms in total. The van der Waals surface area contributed by atoms with E-state index in [0.717, 1.165) is 16.0 Å². The Morgan fingerprint density at radius 3 is 2.57 bits per heavy atom. The van der Waals surface area contributed by atoms with Crippen LogP contribution in [0, 0.1) is 6.92 Å². The number of thiophene rings is 1. The van der Waals surface area contributed by atoms with Gasteiger partial charge in [-0.25, -0.2) is 8.42 Å². The molecule has 148 valence electrons. The highest BCUT2D eigenvalue weighted by Crippen LogP contribution is 2.36. The fourth-order valence-electron chi connectivity index (χ4n) is 2.92. The average molecular weight is 429 g/mol. The molecule has 3 aromatic rings. The van der Waals surface area contributed by atoms with E-state index in [1.165, 1.54) is 15.6 Å². The van der Waals surface area contributed by atoms with E-state index in [4.69, 9.17) is 0 Å². The summed E-state index contributed by atoms with van der Waals surface area (Å²) in [6.07, 6.45) is -4.24. The summed E-state index contributed by atoms with van der Waals surface area (Å²) in [6.45, 7) is 2.31. The van der Waals surface area contributed by atoms with E-state index in [-0.39, 0.29) is 17.3 Å². The van der Waals surface area contributed by atoms with E-state index < -0.39 is 22.1 Å². The van der Waals surface area contributed by atoms with Crippen LogP contribution in [0.1, 0.15) is 21.9 Å². The fraction of sp³-hybridized carbons (Fsp3) is 0.294. The minimum absolute atomic E-state index is 0.145. The van der Waals surface area contributed by atoms with Crippen LogP contribution in [0.4, 0.5) is 13.2 Å². The maximum atomic E-state index is 12.9. The number of halogens is 3. The number of rotatable bonds is 3. The molecule has 11 heteroatoms. The van der Waals surface area contributed by atoms with Crippen molar-refractivity contribution in [3.8, 4) is 10.7 Å². The Hall–Kier alpha value is -2.24. The molecule has 2 aromatic heterocycles. The van der Waals surface area contributed by atoms with Crippen molar-refractivity contribution >= 4 is 21.4 Å². The normalized spacial score (nSPS) is 15.6. The molecule has 0 spiro atoms. The summed E-state index contributed by atoms with van der Waals surface area (Å²) in [6, 6.07) is 8.23. The van der Waals surface area contributed by atoms with Crippen LogP contribution in [-0.2, 0) is 29.2 Å². The lowest BCUT2D eigenvalue weighted by atomic mass is 10.1. The molecule has 3 heterocycles. The topological polar surface area (TPSA) is 76.3 Å². The van der Waals surface area contributed by atoms with Crippen molar-refractivity contribution < 1.29 is 26.1 Å². The van der Waals surface area contributed by atoms with E-state index in [0.29, 0.717) is 17.8 Å². The van der Waals surface area contributed by atoms with Gasteiger partial charge in [0.15, 0.2) is 0 Å². The van der Waals surface area contributed by atoms with Crippen molar-refractivity contribution in [1.82, 2.24) is 14.4 Å². The predicted octanol–water partition coefficient (Wildman–Crippen LogP) is 3.87. The Bertz CT molecular complexity index is 1120. The predicted molar refractivity (Wildman–Crippen MR) is 95.1 cm³/mol. The van der Waals surface area contributed by atoms with E-state index in [2.05, 4.69) is 14.7 Å². The largest absolute Gasteiger partial charge is 0.471 e. The van der Waals surface area contributed by atoms with Crippen LogP contribution in [0.25, 0.3) is 10.7 Å². The molecule has 0 atom stereocenters. The summed E-state index contributed by atoms with van der Waals surface area (Å²) < 4.78 is 69.3. The molecule has 4 rings (SSSR count). The Labute approximate surface area is 162 Å². The number of hydrogen-bond acceptors (Lipinski definition) is 6. The lowest BCUT2D eigenvalue weighted by Crippen LogP contribution is -2.35. The highest BCUT2D eigenvalue weighted by molar-refractivity contribution is 7.89. The van der Waals surface area contributed by atoms with Crippen LogP contribution >= 0.6 is 11.3 Å². The van der Waals surface area contributed by atoms with Gasteiger partial charge in [0.05, 0.1) is 9.77 Å². The van der Waals surface area contributed by atoms with Gasteiger partial charge in [0.2, 0.25) is 15.8 Å². The average Bonchev–Trinajstić information content (AvgIpc) is 3.28. The lowest BCUT2D eigenvalue weighted by Gasteiger charge is -2.26. The molecule has 28 heavy (non-hydrogen) atoms. The third kappa shape index (κ3) is 3.45. The van der Waals surface area contributed by atoms with Crippen molar-refractivity contribution in [3.05, 3.63) is 52.2 Å². The Kier molecular flexibility index (Phi) is 4.55. The zero-order valence-electron chi connectivity index (χ0n) is 14.5. The molecule has 1 aliphatic rings. The second-order valence-corrected chi connectivity index (χ2v) is 9.46. The Morgan fingerprint density at radius 1 is 1.21 bits per heavy atom. The fourth-order valence-corrected chi connectivity index (χ4v) is 5.43. The number of alkyl halides is 3. The van der Waals surface area contributed by atoms with Crippen LogP contribution in [0.5, 0.6) is 0 Å². The Balaban J connectivity index is 1.60. The summed E-state index contributed by atoms with van der Waals surface area (Å²) in [4.78, 5) is 4.93. The van der Waals surface area contributed by atoms with E-state index in [1.54, 1.807) is 30.3 Å². The summed E-state index contributed by atoms with van der Waals surface area (Å²) in [5.74, 6) is -1.56. The summed E-state index contributed by atoms with van der Waals surface area (Å²) in [5.41, 5.74) is 1.70. The van der Waals surface area contributed by atoms with Gasteiger partial charge in [-0.15, -0.1) is 11.3 Å². The number of nitrogens with zero attached hydrogens (tertiary/aromatic N) is 3. The number of benzene rings is 1. The maximum Gasteiger partial charge on any atom is 0.471 e. The van der Waals surface area contributed by atoms with Gasteiger partial charge in [-0.05, 0) is 37.1 Å². The monoisotopic (exact) mass is 429 g/mol. The number of aromatic nitrogens is 2. The molecule has 0 fully saturated rings.